The van der Waals surface area contributed by atoms with Crippen molar-refractivity contribution < 1.29 is 27.8 Å². The summed E-state index contributed by atoms with van der Waals surface area (Å²) in [4.78, 5) is 13.5. The van der Waals surface area contributed by atoms with Crippen molar-refractivity contribution in [3.63, 3.8) is 0 Å². The van der Waals surface area contributed by atoms with Crippen molar-refractivity contribution in [1.29, 1.82) is 0 Å². The van der Waals surface area contributed by atoms with E-state index in [2.05, 4.69) is 0 Å². The summed E-state index contributed by atoms with van der Waals surface area (Å²) >= 11 is 0. The maximum absolute atomic E-state index is 13.8. The molecule has 2 aliphatic rings. The number of carbonyl (C=O) groups excluding carboxylic acids is 1. The molecular weight excluding hydrogens is 371 g/mol. The first kappa shape index (κ1) is 19.0. The average Bonchev–Trinajstić information content (AvgIpc) is 2.92. The molecule has 7 heteroatoms. The Morgan fingerprint density at radius 2 is 1.86 bits per heavy atom. The van der Waals surface area contributed by atoms with Crippen molar-refractivity contribution >= 4 is 5.78 Å². The van der Waals surface area contributed by atoms with E-state index in [4.69, 9.17) is 4.74 Å². The molecule has 0 radical (unpaired) electrons. The maximum Gasteiger partial charge on any atom is 0.425 e. The highest BCUT2D eigenvalue weighted by atomic mass is 19.4. The second-order valence-electron chi connectivity index (χ2n) is 7.23. The van der Waals surface area contributed by atoms with Crippen molar-refractivity contribution in [3.05, 3.63) is 53.6 Å². The van der Waals surface area contributed by atoms with Crippen LogP contribution < -0.4 is 4.74 Å². The number of rotatable bonds is 4. The molecule has 28 heavy (non-hydrogen) atoms. The standard InChI is InChI=1S/C21H20F3NO3/c22-21(23,24)20(27)18-6-2-1-5-16(18)17-8-7-15(12-19(17)20)28-11-10-25-9-3-4-14(26)13-25/h1-2,5-8,12,27H,3-4,9-11,13H2. The fourth-order valence-electron chi connectivity index (χ4n) is 4.02. The molecule has 1 heterocycles. The second kappa shape index (κ2) is 6.90. The normalized spacial score (nSPS) is 22.1. The van der Waals surface area contributed by atoms with E-state index in [1.54, 1.807) is 24.3 Å². The van der Waals surface area contributed by atoms with E-state index in [-0.39, 0.29) is 29.3 Å². The number of alkyl halides is 3. The van der Waals surface area contributed by atoms with Gasteiger partial charge in [0.15, 0.2) is 0 Å². The first-order valence-electron chi connectivity index (χ1n) is 9.21. The van der Waals surface area contributed by atoms with Crippen LogP contribution in [0.1, 0.15) is 24.0 Å². The summed E-state index contributed by atoms with van der Waals surface area (Å²) in [6.07, 6.45) is -3.45. The zero-order valence-electron chi connectivity index (χ0n) is 15.1. The van der Waals surface area contributed by atoms with Gasteiger partial charge in [0.2, 0.25) is 5.60 Å². The number of nitrogens with zero attached hydrogens (tertiary/aromatic N) is 1. The summed E-state index contributed by atoms with van der Waals surface area (Å²) in [6, 6.07) is 10.4. The average molecular weight is 391 g/mol. The van der Waals surface area contributed by atoms with E-state index in [1.165, 1.54) is 18.2 Å². The number of Topliss-reactive ketones (excluding diaryl/α,β-unsaturated/α-hetero) is 1. The Labute approximate surface area is 160 Å². The van der Waals surface area contributed by atoms with Gasteiger partial charge >= 0.3 is 6.18 Å². The molecule has 1 atom stereocenters. The van der Waals surface area contributed by atoms with Crippen LogP contribution in [0.25, 0.3) is 11.1 Å². The van der Waals surface area contributed by atoms with E-state index < -0.39 is 11.8 Å². The topological polar surface area (TPSA) is 49.8 Å². The Morgan fingerprint density at radius 1 is 1.11 bits per heavy atom. The largest absolute Gasteiger partial charge is 0.492 e. The number of carbonyl (C=O) groups is 1. The third-order valence-corrected chi connectivity index (χ3v) is 5.40. The van der Waals surface area contributed by atoms with Crippen LogP contribution in [0.4, 0.5) is 13.2 Å². The van der Waals surface area contributed by atoms with Gasteiger partial charge in [-0.05, 0) is 36.2 Å². The van der Waals surface area contributed by atoms with Crippen LogP contribution in [0, 0.1) is 0 Å². The lowest BCUT2D eigenvalue weighted by Gasteiger charge is -2.28. The van der Waals surface area contributed by atoms with Gasteiger partial charge in [0, 0.05) is 24.1 Å². The Bertz CT molecular complexity index is 912. The summed E-state index contributed by atoms with van der Waals surface area (Å²) in [7, 11) is 0. The van der Waals surface area contributed by atoms with Gasteiger partial charge in [-0.25, -0.2) is 0 Å². The van der Waals surface area contributed by atoms with Gasteiger partial charge in [0.1, 0.15) is 18.1 Å². The summed E-state index contributed by atoms with van der Waals surface area (Å²) < 4.78 is 47.2. The molecule has 2 aromatic rings. The molecule has 1 aliphatic heterocycles. The van der Waals surface area contributed by atoms with Crippen molar-refractivity contribution in [2.24, 2.45) is 0 Å². The van der Waals surface area contributed by atoms with E-state index in [9.17, 15) is 23.1 Å². The summed E-state index contributed by atoms with van der Waals surface area (Å²) in [5, 5.41) is 10.7. The van der Waals surface area contributed by atoms with E-state index in [1.807, 2.05) is 4.90 Å². The molecule has 4 rings (SSSR count). The predicted molar refractivity (Wildman–Crippen MR) is 97.1 cm³/mol. The lowest BCUT2D eigenvalue weighted by Crippen LogP contribution is -2.41. The van der Waals surface area contributed by atoms with Gasteiger partial charge in [0.25, 0.3) is 0 Å². The molecule has 1 saturated heterocycles. The molecule has 1 N–H and O–H groups in total. The molecule has 1 unspecified atom stereocenters. The van der Waals surface area contributed by atoms with Crippen LogP contribution in [0.3, 0.4) is 0 Å². The smallest absolute Gasteiger partial charge is 0.425 e. The van der Waals surface area contributed by atoms with Crippen molar-refractivity contribution in [3.8, 4) is 16.9 Å². The first-order chi connectivity index (χ1) is 13.3. The Balaban J connectivity index is 1.57. The van der Waals surface area contributed by atoms with Crippen LogP contribution in [0.15, 0.2) is 42.5 Å². The van der Waals surface area contributed by atoms with Gasteiger partial charge < -0.3 is 9.84 Å². The number of hydrogen-bond donors (Lipinski definition) is 1. The lowest BCUT2D eigenvalue weighted by molar-refractivity contribution is -0.246. The monoisotopic (exact) mass is 391 g/mol. The molecule has 0 bridgehead atoms. The highest BCUT2D eigenvalue weighted by molar-refractivity contribution is 5.81. The first-order valence-corrected chi connectivity index (χ1v) is 9.21. The fraction of sp³-hybridized carbons (Fsp3) is 0.381. The highest BCUT2D eigenvalue weighted by Crippen LogP contribution is 2.55. The zero-order valence-corrected chi connectivity index (χ0v) is 15.1. The minimum Gasteiger partial charge on any atom is -0.492 e. The number of fused-ring (bicyclic) bond motifs is 3. The van der Waals surface area contributed by atoms with Crippen molar-refractivity contribution in [2.75, 3.05) is 26.2 Å². The SMILES string of the molecule is O=C1CCCN(CCOc2ccc3c(c2)C(O)(C(F)(F)F)c2ccccc2-3)C1. The Kier molecular flexibility index (Phi) is 4.67. The number of benzene rings is 2. The Hall–Kier alpha value is -2.38. The summed E-state index contributed by atoms with van der Waals surface area (Å²) in [5.41, 5.74) is -2.72. The van der Waals surface area contributed by atoms with Gasteiger partial charge in [-0.1, -0.05) is 30.3 Å². The van der Waals surface area contributed by atoms with Gasteiger partial charge in [-0.15, -0.1) is 0 Å². The number of aliphatic hydroxyl groups is 1. The molecule has 4 nitrogen and oxygen atoms in total. The molecule has 0 amide bonds. The van der Waals surface area contributed by atoms with E-state index in [0.29, 0.717) is 30.6 Å². The minimum atomic E-state index is -4.86. The van der Waals surface area contributed by atoms with Gasteiger partial charge in [-0.3, -0.25) is 9.69 Å². The summed E-state index contributed by atoms with van der Waals surface area (Å²) in [6.45, 7) is 1.97. The van der Waals surface area contributed by atoms with Crippen LogP contribution in [0.2, 0.25) is 0 Å². The molecule has 0 aromatic heterocycles. The molecule has 0 saturated carbocycles. The quantitative estimate of drug-likeness (QED) is 0.867. The third-order valence-electron chi connectivity index (χ3n) is 5.40. The van der Waals surface area contributed by atoms with Crippen LogP contribution in [-0.4, -0.2) is 48.2 Å². The number of ketones is 1. The number of piperidine rings is 1. The lowest BCUT2D eigenvalue weighted by atomic mass is 9.91. The van der Waals surface area contributed by atoms with Gasteiger partial charge in [-0.2, -0.15) is 13.2 Å². The second-order valence-corrected chi connectivity index (χ2v) is 7.23. The van der Waals surface area contributed by atoms with Crippen LogP contribution in [0.5, 0.6) is 5.75 Å². The predicted octanol–water partition coefficient (Wildman–Crippen LogP) is 3.51. The Morgan fingerprint density at radius 3 is 2.61 bits per heavy atom. The molecule has 148 valence electrons. The third kappa shape index (κ3) is 3.08. The maximum atomic E-state index is 13.8. The van der Waals surface area contributed by atoms with Gasteiger partial charge in [0.05, 0.1) is 6.54 Å². The number of halogens is 3. The molecule has 1 fully saturated rings. The van der Waals surface area contributed by atoms with Crippen molar-refractivity contribution in [1.82, 2.24) is 4.90 Å². The zero-order chi connectivity index (χ0) is 19.9. The van der Waals surface area contributed by atoms with E-state index >= 15 is 0 Å². The highest BCUT2D eigenvalue weighted by Gasteiger charge is 2.60. The molecule has 2 aromatic carbocycles. The number of likely N-dealkylation sites (tertiary alicyclic amines) is 1. The van der Waals surface area contributed by atoms with Crippen LogP contribution >= 0.6 is 0 Å². The molecule has 0 spiro atoms. The number of ether oxygens (including phenoxy) is 1. The fourth-order valence-corrected chi connectivity index (χ4v) is 4.02. The molecule has 1 aliphatic carbocycles. The molecular formula is C21H20F3NO3. The van der Waals surface area contributed by atoms with Crippen molar-refractivity contribution in [2.45, 2.75) is 24.6 Å². The minimum absolute atomic E-state index is 0.165. The summed E-state index contributed by atoms with van der Waals surface area (Å²) in [5.74, 6) is 0.453. The number of hydrogen-bond acceptors (Lipinski definition) is 4. The van der Waals surface area contributed by atoms with Crippen LogP contribution in [-0.2, 0) is 10.4 Å². The van der Waals surface area contributed by atoms with E-state index in [0.717, 1.165) is 13.0 Å².